The predicted octanol–water partition coefficient (Wildman–Crippen LogP) is 2.94. The van der Waals surface area contributed by atoms with Gasteiger partial charge in [-0.05, 0) is 18.6 Å². The summed E-state index contributed by atoms with van der Waals surface area (Å²) in [5, 5.41) is 3.30. The van der Waals surface area contributed by atoms with E-state index in [0.29, 0.717) is 13.0 Å². The molecule has 0 unspecified atom stereocenters. The number of nitrogens with one attached hydrogen (secondary N) is 1. The number of amides is 1. The number of hydrogen-bond acceptors (Lipinski definition) is 3. The lowest BCUT2D eigenvalue weighted by Gasteiger charge is -2.34. The zero-order chi connectivity index (χ0) is 16.8. The predicted molar refractivity (Wildman–Crippen MR) is 96.0 cm³/mol. The van der Waals surface area contributed by atoms with Crippen LogP contribution in [0.3, 0.4) is 0 Å². The van der Waals surface area contributed by atoms with Crippen molar-refractivity contribution in [1.29, 1.82) is 0 Å². The van der Waals surface area contributed by atoms with Gasteiger partial charge < -0.3 is 15.0 Å². The highest BCUT2D eigenvalue weighted by Gasteiger charge is 2.22. The molecule has 1 heterocycles. The molecular weight excluding hydrogens is 300 g/mol. The van der Waals surface area contributed by atoms with E-state index in [1.165, 1.54) is 0 Å². The van der Waals surface area contributed by atoms with Crippen molar-refractivity contribution >= 4 is 5.91 Å². The van der Waals surface area contributed by atoms with Crippen LogP contribution in [0.25, 0.3) is 11.1 Å². The molecule has 0 bridgehead atoms. The fourth-order valence-electron chi connectivity index (χ4n) is 3.05. The van der Waals surface area contributed by atoms with Gasteiger partial charge in [0.1, 0.15) is 5.75 Å². The van der Waals surface area contributed by atoms with Gasteiger partial charge in [0.05, 0.1) is 13.0 Å². The van der Waals surface area contributed by atoms with Gasteiger partial charge in [0.2, 0.25) is 5.91 Å². The van der Waals surface area contributed by atoms with Crippen LogP contribution in [0, 0.1) is 0 Å². The Kier molecular flexibility index (Phi) is 5.49. The van der Waals surface area contributed by atoms with Crippen molar-refractivity contribution in [2.45, 2.75) is 19.4 Å². The van der Waals surface area contributed by atoms with E-state index >= 15 is 0 Å². The van der Waals surface area contributed by atoms with Crippen LogP contribution in [0.2, 0.25) is 0 Å². The maximum Gasteiger partial charge on any atom is 0.226 e. The van der Waals surface area contributed by atoms with E-state index in [-0.39, 0.29) is 11.9 Å². The fraction of sp³-hybridized carbons (Fsp3) is 0.350. The summed E-state index contributed by atoms with van der Waals surface area (Å²) in [5.41, 5.74) is 2.18. The number of para-hydroxylation sites is 1. The van der Waals surface area contributed by atoms with Crippen molar-refractivity contribution in [2.75, 3.05) is 26.2 Å². The first kappa shape index (κ1) is 16.5. The molecule has 0 spiro atoms. The van der Waals surface area contributed by atoms with Gasteiger partial charge in [-0.2, -0.15) is 0 Å². The Morgan fingerprint density at radius 3 is 2.71 bits per heavy atom. The number of nitrogens with zero attached hydrogens (tertiary/aromatic N) is 1. The monoisotopic (exact) mass is 324 g/mol. The minimum Gasteiger partial charge on any atom is -0.492 e. The summed E-state index contributed by atoms with van der Waals surface area (Å²) in [6.45, 7) is 4.99. The second-order valence-electron chi connectivity index (χ2n) is 6.10. The van der Waals surface area contributed by atoms with Crippen molar-refractivity contribution < 1.29 is 9.53 Å². The number of carbonyl (C=O) groups is 1. The van der Waals surface area contributed by atoms with Gasteiger partial charge in [0.25, 0.3) is 0 Å². The largest absolute Gasteiger partial charge is 0.492 e. The molecule has 0 saturated carbocycles. The molecule has 4 heteroatoms. The second kappa shape index (κ2) is 7.97. The molecule has 4 nitrogen and oxygen atoms in total. The summed E-state index contributed by atoms with van der Waals surface area (Å²) in [6, 6.07) is 18.4. The van der Waals surface area contributed by atoms with Gasteiger partial charge >= 0.3 is 0 Å². The molecule has 0 radical (unpaired) electrons. The molecule has 1 aliphatic heterocycles. The smallest absolute Gasteiger partial charge is 0.226 e. The topological polar surface area (TPSA) is 41.6 Å². The fourth-order valence-corrected chi connectivity index (χ4v) is 3.05. The van der Waals surface area contributed by atoms with E-state index in [9.17, 15) is 4.79 Å². The molecule has 0 aliphatic carbocycles. The molecule has 1 N–H and O–H groups in total. The highest BCUT2D eigenvalue weighted by Crippen LogP contribution is 2.29. The van der Waals surface area contributed by atoms with Gasteiger partial charge in [0, 0.05) is 31.2 Å². The Labute approximate surface area is 143 Å². The second-order valence-corrected chi connectivity index (χ2v) is 6.10. The Bertz CT molecular complexity index is 672. The van der Waals surface area contributed by atoms with E-state index in [1.807, 2.05) is 47.4 Å². The average Bonchev–Trinajstić information content (AvgIpc) is 2.63. The van der Waals surface area contributed by atoms with Gasteiger partial charge in [-0.3, -0.25) is 4.79 Å². The van der Waals surface area contributed by atoms with Crippen LogP contribution in [-0.4, -0.2) is 43.1 Å². The van der Waals surface area contributed by atoms with Gasteiger partial charge in [-0.25, -0.2) is 0 Å². The van der Waals surface area contributed by atoms with Crippen LogP contribution in [0.4, 0.5) is 0 Å². The third-order valence-corrected chi connectivity index (χ3v) is 4.37. The van der Waals surface area contributed by atoms with Crippen molar-refractivity contribution in [3.05, 3.63) is 54.6 Å². The van der Waals surface area contributed by atoms with Gasteiger partial charge in [-0.1, -0.05) is 48.5 Å². The minimum atomic E-state index is 0.168. The summed E-state index contributed by atoms with van der Waals surface area (Å²) in [6.07, 6.45) is 0.410. The lowest BCUT2D eigenvalue weighted by atomic mass is 10.1. The molecule has 126 valence electrons. The van der Waals surface area contributed by atoms with Crippen LogP contribution in [0.15, 0.2) is 54.6 Å². The highest BCUT2D eigenvalue weighted by molar-refractivity contribution is 5.77. The molecule has 0 aromatic heterocycles. The number of ether oxygens (including phenoxy) is 1. The Hall–Kier alpha value is -2.33. The van der Waals surface area contributed by atoms with Crippen molar-refractivity contribution in [2.24, 2.45) is 0 Å². The standard InChI is InChI=1S/C20H24N2O2/c1-16-15-21-12-13-22(16)20(23)11-14-24-19-10-6-5-9-18(19)17-7-3-2-4-8-17/h2-10,16,21H,11-15H2,1H3/t16-/m0/s1. The molecule has 1 saturated heterocycles. The van der Waals surface area contributed by atoms with Crippen molar-refractivity contribution in [3.8, 4) is 16.9 Å². The first-order valence-electron chi connectivity index (χ1n) is 8.53. The zero-order valence-electron chi connectivity index (χ0n) is 14.1. The molecule has 3 rings (SSSR count). The SMILES string of the molecule is C[C@H]1CNCCN1C(=O)CCOc1ccccc1-c1ccccc1. The Balaban J connectivity index is 1.60. The number of piperazine rings is 1. The molecule has 2 aromatic rings. The first-order valence-corrected chi connectivity index (χ1v) is 8.53. The quantitative estimate of drug-likeness (QED) is 0.919. The summed E-state index contributed by atoms with van der Waals surface area (Å²) in [4.78, 5) is 14.3. The van der Waals surface area contributed by atoms with E-state index in [2.05, 4.69) is 24.4 Å². The van der Waals surface area contributed by atoms with Gasteiger partial charge in [0.15, 0.2) is 0 Å². The number of carbonyl (C=O) groups excluding carboxylic acids is 1. The zero-order valence-corrected chi connectivity index (χ0v) is 14.1. The summed E-state index contributed by atoms with van der Waals surface area (Å²) in [5.74, 6) is 0.992. The molecule has 1 atom stereocenters. The molecular formula is C20H24N2O2. The van der Waals surface area contributed by atoms with E-state index < -0.39 is 0 Å². The minimum absolute atomic E-state index is 0.168. The van der Waals surface area contributed by atoms with Crippen molar-refractivity contribution in [1.82, 2.24) is 10.2 Å². The molecule has 24 heavy (non-hydrogen) atoms. The van der Waals surface area contributed by atoms with Crippen LogP contribution in [0.5, 0.6) is 5.75 Å². The van der Waals surface area contributed by atoms with Crippen molar-refractivity contribution in [3.63, 3.8) is 0 Å². The molecule has 1 fully saturated rings. The lowest BCUT2D eigenvalue weighted by Crippen LogP contribution is -2.52. The normalized spacial score (nSPS) is 17.5. The lowest BCUT2D eigenvalue weighted by molar-refractivity contribution is -0.134. The average molecular weight is 324 g/mol. The maximum absolute atomic E-state index is 12.4. The van der Waals surface area contributed by atoms with Crippen LogP contribution in [0.1, 0.15) is 13.3 Å². The van der Waals surface area contributed by atoms with Crippen LogP contribution >= 0.6 is 0 Å². The molecule has 1 aliphatic rings. The summed E-state index contributed by atoms with van der Waals surface area (Å²) < 4.78 is 5.93. The molecule has 1 amide bonds. The molecule has 2 aromatic carbocycles. The maximum atomic E-state index is 12.4. The third kappa shape index (κ3) is 3.95. The highest BCUT2D eigenvalue weighted by atomic mass is 16.5. The summed E-state index contributed by atoms with van der Waals surface area (Å²) >= 11 is 0. The number of benzene rings is 2. The van der Waals surface area contributed by atoms with Gasteiger partial charge in [-0.15, -0.1) is 0 Å². The van der Waals surface area contributed by atoms with E-state index in [1.54, 1.807) is 0 Å². The number of hydrogen-bond donors (Lipinski definition) is 1. The van der Waals surface area contributed by atoms with Crippen LogP contribution < -0.4 is 10.1 Å². The van der Waals surface area contributed by atoms with Crippen LogP contribution in [-0.2, 0) is 4.79 Å². The Morgan fingerprint density at radius 2 is 1.92 bits per heavy atom. The third-order valence-electron chi connectivity index (χ3n) is 4.37. The first-order chi connectivity index (χ1) is 11.8. The van der Waals surface area contributed by atoms with E-state index in [4.69, 9.17) is 4.74 Å². The van der Waals surface area contributed by atoms with E-state index in [0.717, 1.165) is 36.5 Å². The number of rotatable bonds is 5. The summed E-state index contributed by atoms with van der Waals surface area (Å²) in [7, 11) is 0. The Morgan fingerprint density at radius 1 is 1.17 bits per heavy atom.